The third-order valence-electron chi connectivity index (χ3n) is 6.48. The number of benzene rings is 2. The van der Waals surface area contributed by atoms with E-state index in [0.29, 0.717) is 58.7 Å². The van der Waals surface area contributed by atoms with Gasteiger partial charge in [0, 0.05) is 31.3 Å². The number of nitrogens with zero attached hydrogens (tertiary/aromatic N) is 6. The first-order valence-corrected chi connectivity index (χ1v) is 12.9. The molecule has 1 aliphatic rings. The summed E-state index contributed by atoms with van der Waals surface area (Å²) >= 11 is 6.62. The number of hydrogen-bond donors (Lipinski definition) is 1. The normalized spacial score (nSPS) is 16.0. The van der Waals surface area contributed by atoms with E-state index in [1.807, 2.05) is 83.2 Å². The number of amides is 1. The van der Waals surface area contributed by atoms with E-state index in [1.165, 1.54) is 6.33 Å². The molecule has 0 bridgehead atoms. The van der Waals surface area contributed by atoms with E-state index in [2.05, 4.69) is 9.97 Å². The monoisotopic (exact) mass is 531 g/mol. The third-order valence-corrected chi connectivity index (χ3v) is 6.77. The van der Waals surface area contributed by atoms with Gasteiger partial charge in [0.25, 0.3) is 0 Å². The molecule has 0 spiro atoms. The van der Waals surface area contributed by atoms with Gasteiger partial charge < -0.3 is 20.3 Å². The second kappa shape index (κ2) is 11.2. The summed E-state index contributed by atoms with van der Waals surface area (Å²) in [4.78, 5) is 25.4. The summed E-state index contributed by atoms with van der Waals surface area (Å²) in [5, 5.41) is 6.06. The first kappa shape index (κ1) is 25.7. The number of carbonyl (C=O) groups excluding carboxylic acids is 1. The number of anilines is 1. The minimum atomic E-state index is -0.0448. The highest BCUT2D eigenvalue weighted by atomic mass is 35.5. The van der Waals surface area contributed by atoms with Crippen LogP contribution >= 0.6 is 11.6 Å². The molecule has 0 radical (unpaired) electrons. The Kier molecular flexibility index (Phi) is 7.57. The summed E-state index contributed by atoms with van der Waals surface area (Å²) in [5.41, 5.74) is 8.37. The van der Waals surface area contributed by atoms with Crippen molar-refractivity contribution in [3.8, 4) is 22.8 Å². The van der Waals surface area contributed by atoms with Crippen molar-refractivity contribution >= 4 is 34.4 Å². The van der Waals surface area contributed by atoms with E-state index in [9.17, 15) is 4.79 Å². The maximum Gasteiger partial charge on any atom is 0.246 e. The van der Waals surface area contributed by atoms with Crippen molar-refractivity contribution in [2.24, 2.45) is 0 Å². The second-order valence-electron chi connectivity index (χ2n) is 9.56. The van der Waals surface area contributed by atoms with Crippen LogP contribution < -0.4 is 10.5 Å². The van der Waals surface area contributed by atoms with Crippen molar-refractivity contribution in [1.82, 2.24) is 29.5 Å². The van der Waals surface area contributed by atoms with E-state index in [1.54, 1.807) is 6.08 Å². The van der Waals surface area contributed by atoms with Crippen molar-refractivity contribution < 1.29 is 9.53 Å². The predicted molar refractivity (Wildman–Crippen MR) is 149 cm³/mol. The van der Waals surface area contributed by atoms with E-state index >= 15 is 0 Å². The van der Waals surface area contributed by atoms with Gasteiger partial charge in [-0.1, -0.05) is 35.9 Å². The van der Waals surface area contributed by atoms with Crippen LogP contribution in [-0.4, -0.2) is 69.2 Å². The van der Waals surface area contributed by atoms with Crippen LogP contribution in [0.5, 0.6) is 11.5 Å². The molecule has 5 rings (SSSR count). The van der Waals surface area contributed by atoms with Crippen LogP contribution in [0.25, 0.3) is 22.3 Å². The average molecular weight is 532 g/mol. The Morgan fingerprint density at radius 1 is 1.21 bits per heavy atom. The number of aromatic nitrogens is 4. The lowest BCUT2D eigenvalue weighted by Gasteiger charge is -2.32. The van der Waals surface area contributed by atoms with Crippen LogP contribution in [0.1, 0.15) is 18.9 Å². The van der Waals surface area contributed by atoms with Gasteiger partial charge in [0.2, 0.25) is 5.91 Å². The smallest absolute Gasteiger partial charge is 0.246 e. The largest absolute Gasteiger partial charge is 0.456 e. The van der Waals surface area contributed by atoms with Crippen molar-refractivity contribution in [3.63, 3.8) is 0 Å². The summed E-state index contributed by atoms with van der Waals surface area (Å²) < 4.78 is 7.82. The van der Waals surface area contributed by atoms with Gasteiger partial charge in [-0.25, -0.2) is 14.6 Å². The maximum atomic E-state index is 12.8. The molecule has 10 heteroatoms. The van der Waals surface area contributed by atoms with Gasteiger partial charge in [-0.2, -0.15) is 5.10 Å². The Labute approximate surface area is 226 Å². The summed E-state index contributed by atoms with van der Waals surface area (Å²) in [7, 11) is 3.94. The van der Waals surface area contributed by atoms with Crippen molar-refractivity contribution in [3.05, 3.63) is 72.0 Å². The molecular weight excluding hydrogens is 502 g/mol. The Bertz CT molecular complexity index is 1470. The number of nitrogens with two attached hydrogens (primary N) is 1. The molecule has 2 N–H and O–H groups in total. The van der Waals surface area contributed by atoms with Crippen LogP contribution in [0.3, 0.4) is 0 Å². The lowest BCUT2D eigenvalue weighted by atomic mass is 10.1. The average Bonchev–Trinajstić information content (AvgIpc) is 3.31. The number of halogens is 1. The van der Waals surface area contributed by atoms with Gasteiger partial charge in [-0.15, -0.1) is 0 Å². The molecule has 38 heavy (non-hydrogen) atoms. The summed E-state index contributed by atoms with van der Waals surface area (Å²) in [6.45, 7) is 1.96. The zero-order valence-corrected chi connectivity index (χ0v) is 22.2. The first-order valence-electron chi connectivity index (χ1n) is 12.5. The summed E-state index contributed by atoms with van der Waals surface area (Å²) in [6, 6.07) is 14.9. The van der Waals surface area contributed by atoms with Gasteiger partial charge in [0.15, 0.2) is 5.65 Å². The molecule has 3 heterocycles. The topological polar surface area (TPSA) is 102 Å². The van der Waals surface area contributed by atoms with E-state index in [-0.39, 0.29) is 11.9 Å². The second-order valence-corrected chi connectivity index (χ2v) is 9.96. The fraction of sp³-hybridized carbons (Fsp3) is 0.286. The van der Waals surface area contributed by atoms with E-state index in [0.717, 1.165) is 18.4 Å². The Hall–Kier alpha value is -3.95. The van der Waals surface area contributed by atoms with E-state index < -0.39 is 0 Å². The molecule has 0 saturated carbocycles. The van der Waals surface area contributed by atoms with Gasteiger partial charge >= 0.3 is 0 Å². The van der Waals surface area contributed by atoms with Crippen LogP contribution in [0.4, 0.5) is 5.82 Å². The molecule has 1 atom stereocenters. The number of carbonyl (C=O) groups is 1. The number of likely N-dealkylation sites (tertiary alicyclic amines) is 1. The van der Waals surface area contributed by atoms with Crippen molar-refractivity contribution in [2.75, 3.05) is 39.5 Å². The van der Waals surface area contributed by atoms with Crippen molar-refractivity contribution in [2.45, 2.75) is 18.9 Å². The highest BCUT2D eigenvalue weighted by Crippen LogP contribution is 2.37. The Morgan fingerprint density at radius 3 is 2.79 bits per heavy atom. The molecule has 1 fully saturated rings. The third kappa shape index (κ3) is 5.49. The van der Waals surface area contributed by atoms with Crippen LogP contribution in [0.2, 0.25) is 5.02 Å². The lowest BCUT2D eigenvalue weighted by Crippen LogP contribution is -2.40. The number of ether oxygens (including phenoxy) is 1. The number of fused-ring (bicyclic) bond motifs is 1. The molecule has 1 amide bonds. The fourth-order valence-electron chi connectivity index (χ4n) is 4.62. The number of piperidine rings is 1. The molecule has 4 aromatic rings. The zero-order chi connectivity index (χ0) is 26.6. The number of likely N-dealkylation sites (N-methyl/N-ethyl adjacent to an activating group) is 1. The predicted octanol–water partition coefficient (Wildman–Crippen LogP) is 4.80. The number of hydrogen-bond acceptors (Lipinski definition) is 7. The van der Waals surface area contributed by atoms with E-state index in [4.69, 9.17) is 27.2 Å². The summed E-state index contributed by atoms with van der Waals surface area (Å²) in [5.74, 6) is 1.58. The van der Waals surface area contributed by atoms with Crippen LogP contribution in [0.15, 0.2) is 67.0 Å². The number of nitrogen functional groups attached to an aromatic ring is 1. The van der Waals surface area contributed by atoms with Crippen LogP contribution in [-0.2, 0) is 4.79 Å². The highest BCUT2D eigenvalue weighted by molar-refractivity contribution is 6.32. The Morgan fingerprint density at radius 2 is 2.03 bits per heavy atom. The molecule has 196 valence electrons. The lowest BCUT2D eigenvalue weighted by molar-refractivity contribution is -0.127. The molecular formula is C28H30ClN7O2. The molecule has 0 unspecified atom stereocenters. The van der Waals surface area contributed by atoms with Gasteiger partial charge in [0.1, 0.15) is 29.3 Å². The molecule has 2 aromatic carbocycles. The number of para-hydroxylation sites is 1. The maximum absolute atomic E-state index is 12.8. The molecule has 9 nitrogen and oxygen atoms in total. The van der Waals surface area contributed by atoms with Gasteiger partial charge in [-0.3, -0.25) is 4.79 Å². The number of rotatable bonds is 7. The minimum absolute atomic E-state index is 0.00293. The zero-order valence-electron chi connectivity index (χ0n) is 21.4. The minimum Gasteiger partial charge on any atom is -0.456 e. The van der Waals surface area contributed by atoms with Crippen molar-refractivity contribution in [1.29, 1.82) is 0 Å². The first-order chi connectivity index (χ1) is 18.4. The summed E-state index contributed by atoms with van der Waals surface area (Å²) in [6.07, 6.45) is 6.72. The Balaban J connectivity index is 1.45. The SMILES string of the molecule is CN(C)CC=CC(=O)N1CCC[C@H](n2nc(-c3ccc(Oc4ccccc4)c(Cl)c3)c3c(N)ncnc32)C1. The molecule has 0 aliphatic carbocycles. The highest BCUT2D eigenvalue weighted by Gasteiger charge is 2.28. The fourth-order valence-corrected chi connectivity index (χ4v) is 4.84. The standard InChI is InChI=1S/C28H30ClN7O2/c1-34(2)14-7-11-24(37)35-15-6-8-20(17-35)36-28-25(27(30)31-18-32-28)26(33-36)19-12-13-23(22(29)16-19)38-21-9-4-3-5-10-21/h3-5,7,9-13,16,18,20H,6,8,14-15,17H2,1-2H3,(H2,30,31,32)/t20-/m0/s1. The molecule has 2 aromatic heterocycles. The van der Waals surface area contributed by atoms with Gasteiger partial charge in [-0.05, 0) is 57.3 Å². The molecule has 1 saturated heterocycles. The molecule has 1 aliphatic heterocycles. The quantitative estimate of drug-likeness (QED) is 0.342. The van der Waals surface area contributed by atoms with Crippen LogP contribution in [0, 0.1) is 0 Å². The van der Waals surface area contributed by atoms with Gasteiger partial charge in [0.05, 0.1) is 16.5 Å².